The smallest absolute Gasteiger partial charge is 0.225 e. The minimum Gasteiger partial charge on any atom is -0.361 e. The van der Waals surface area contributed by atoms with Crippen LogP contribution in [0.25, 0.3) is 10.9 Å². The maximum absolute atomic E-state index is 12.7. The molecule has 0 spiro atoms. The van der Waals surface area contributed by atoms with E-state index < -0.39 is 0 Å². The molecule has 3 saturated heterocycles. The number of hydrogen-bond donors (Lipinski definition) is 1. The van der Waals surface area contributed by atoms with E-state index in [2.05, 4.69) is 39.0 Å². The van der Waals surface area contributed by atoms with Gasteiger partial charge in [0, 0.05) is 49.9 Å². The summed E-state index contributed by atoms with van der Waals surface area (Å²) in [5, 5.41) is 1.29. The predicted octanol–water partition coefficient (Wildman–Crippen LogP) is 3.39. The summed E-state index contributed by atoms with van der Waals surface area (Å²) in [6, 6.07) is 9.42. The molecule has 1 amide bonds. The molecule has 1 N–H and O–H groups in total. The zero-order valence-corrected chi connectivity index (χ0v) is 14.8. The number of hydrogen-bond acceptors (Lipinski definition) is 2. The van der Waals surface area contributed by atoms with Gasteiger partial charge in [0.2, 0.25) is 5.91 Å². The zero-order valence-electron chi connectivity index (χ0n) is 14.8. The first-order valence-electron chi connectivity index (χ1n) is 9.85. The van der Waals surface area contributed by atoms with Gasteiger partial charge in [-0.05, 0) is 60.7 Å². The van der Waals surface area contributed by atoms with E-state index in [0.29, 0.717) is 23.8 Å². The third-order valence-corrected chi connectivity index (χ3v) is 6.60. The van der Waals surface area contributed by atoms with Crippen molar-refractivity contribution in [1.29, 1.82) is 0 Å². The van der Waals surface area contributed by atoms with Crippen LogP contribution < -0.4 is 0 Å². The molecule has 4 fully saturated rings. The van der Waals surface area contributed by atoms with E-state index >= 15 is 0 Å². The van der Waals surface area contributed by atoms with Gasteiger partial charge >= 0.3 is 0 Å². The van der Waals surface area contributed by atoms with Gasteiger partial charge in [-0.3, -0.25) is 9.69 Å². The average molecular weight is 337 g/mol. The van der Waals surface area contributed by atoms with E-state index in [1.54, 1.807) is 0 Å². The molecule has 1 saturated carbocycles. The summed E-state index contributed by atoms with van der Waals surface area (Å²) in [7, 11) is 0. The van der Waals surface area contributed by atoms with Crippen molar-refractivity contribution in [3.8, 4) is 0 Å². The van der Waals surface area contributed by atoms with Crippen LogP contribution in [0.5, 0.6) is 0 Å². The average Bonchev–Trinajstić information content (AvgIpc) is 2.83. The molecule has 4 heteroatoms. The van der Waals surface area contributed by atoms with Crippen molar-refractivity contribution in [3.05, 3.63) is 36.0 Å². The number of carbonyl (C=O) groups is 1. The predicted molar refractivity (Wildman–Crippen MR) is 99.1 cm³/mol. The lowest BCUT2D eigenvalue weighted by molar-refractivity contribution is -0.138. The molecule has 0 unspecified atom stereocenters. The minimum absolute atomic E-state index is 0.335. The van der Waals surface area contributed by atoms with E-state index in [9.17, 15) is 4.79 Å². The molecule has 0 radical (unpaired) electrons. The molecular weight excluding hydrogens is 310 g/mol. The van der Waals surface area contributed by atoms with Gasteiger partial charge in [0.1, 0.15) is 0 Å². The Hall–Kier alpha value is -1.81. The van der Waals surface area contributed by atoms with Gasteiger partial charge in [-0.2, -0.15) is 0 Å². The SMILES string of the molecule is O=C(C1CCC1)N1C[C@@H]2CC[C@H](C1)N(Cc1ccc3[nH]ccc3c1)C2. The second kappa shape index (κ2) is 6.17. The summed E-state index contributed by atoms with van der Waals surface area (Å²) in [4.78, 5) is 20.9. The van der Waals surface area contributed by atoms with Crippen LogP contribution in [0.1, 0.15) is 37.7 Å². The van der Waals surface area contributed by atoms with Gasteiger partial charge in [0.15, 0.2) is 0 Å². The Bertz CT molecular complexity index is 778. The molecule has 2 aromatic rings. The van der Waals surface area contributed by atoms with E-state index in [0.717, 1.165) is 39.0 Å². The Balaban J connectivity index is 1.32. The van der Waals surface area contributed by atoms with Crippen LogP contribution in [0.15, 0.2) is 30.5 Å². The fraction of sp³-hybridized carbons (Fsp3) is 0.571. The van der Waals surface area contributed by atoms with Gasteiger partial charge in [0.05, 0.1) is 0 Å². The highest BCUT2D eigenvalue weighted by atomic mass is 16.2. The van der Waals surface area contributed by atoms with Crippen molar-refractivity contribution in [1.82, 2.24) is 14.8 Å². The number of carbonyl (C=O) groups excluding carboxylic acids is 1. The van der Waals surface area contributed by atoms with E-state index in [1.807, 2.05) is 6.20 Å². The minimum atomic E-state index is 0.335. The number of nitrogens with one attached hydrogen (secondary N) is 1. The number of fused-ring (bicyclic) bond motifs is 5. The van der Waals surface area contributed by atoms with Crippen LogP contribution in [0, 0.1) is 11.8 Å². The maximum Gasteiger partial charge on any atom is 0.225 e. The van der Waals surface area contributed by atoms with Crippen LogP contribution >= 0.6 is 0 Å². The molecule has 2 bridgehead atoms. The number of aromatic nitrogens is 1. The van der Waals surface area contributed by atoms with Crippen LogP contribution in [0.3, 0.4) is 0 Å². The van der Waals surface area contributed by atoms with Crippen LogP contribution in [-0.2, 0) is 11.3 Å². The third kappa shape index (κ3) is 2.86. The summed E-state index contributed by atoms with van der Waals surface area (Å²) in [6.07, 6.45) is 8.01. The molecule has 1 aliphatic carbocycles. The lowest BCUT2D eigenvalue weighted by atomic mass is 9.84. The fourth-order valence-electron chi connectivity index (χ4n) is 4.90. The van der Waals surface area contributed by atoms with Crippen LogP contribution in [0.2, 0.25) is 0 Å². The fourth-order valence-corrected chi connectivity index (χ4v) is 4.90. The van der Waals surface area contributed by atoms with Crippen molar-refractivity contribution < 1.29 is 4.79 Å². The van der Waals surface area contributed by atoms with Crippen molar-refractivity contribution in [2.24, 2.45) is 11.8 Å². The summed E-state index contributed by atoms with van der Waals surface area (Å²) in [6.45, 7) is 4.08. The Morgan fingerprint density at radius 2 is 2.00 bits per heavy atom. The molecule has 4 aliphatic rings. The molecule has 25 heavy (non-hydrogen) atoms. The standard InChI is InChI=1S/C21H27N3O/c25-21(17-2-1-3-17)24-13-16-4-6-19(14-24)23(12-16)11-15-5-7-20-18(10-15)8-9-22-20/h5,7-10,16-17,19,22H,1-4,6,11-14H2/t16-,19-/m1/s1. The van der Waals surface area contributed by atoms with E-state index in [-0.39, 0.29) is 0 Å². The zero-order chi connectivity index (χ0) is 16.8. The quantitative estimate of drug-likeness (QED) is 0.932. The topological polar surface area (TPSA) is 39.3 Å². The van der Waals surface area contributed by atoms with E-state index in [4.69, 9.17) is 0 Å². The molecule has 3 aliphatic heterocycles. The molecule has 1 aromatic heterocycles. The Kier molecular flexibility index (Phi) is 3.81. The Morgan fingerprint density at radius 3 is 2.84 bits per heavy atom. The van der Waals surface area contributed by atoms with Crippen LogP contribution in [-0.4, -0.2) is 46.4 Å². The van der Waals surface area contributed by atoms with Gasteiger partial charge in [0.25, 0.3) is 0 Å². The van der Waals surface area contributed by atoms with Crippen molar-refractivity contribution in [2.75, 3.05) is 19.6 Å². The summed E-state index contributed by atoms with van der Waals surface area (Å²) in [5.74, 6) is 1.43. The highest BCUT2D eigenvalue weighted by Crippen LogP contribution is 2.33. The van der Waals surface area contributed by atoms with Gasteiger partial charge in [-0.1, -0.05) is 12.5 Å². The number of piperidine rings is 1. The first-order chi connectivity index (χ1) is 12.3. The number of benzene rings is 1. The first-order valence-corrected chi connectivity index (χ1v) is 9.85. The Labute approximate surface area is 149 Å². The third-order valence-electron chi connectivity index (χ3n) is 6.60. The molecule has 2 atom stereocenters. The van der Waals surface area contributed by atoms with Crippen LogP contribution in [0.4, 0.5) is 0 Å². The second-order valence-corrected chi connectivity index (χ2v) is 8.30. The molecular formula is C21H27N3O. The van der Waals surface area contributed by atoms with Gasteiger partial charge in [-0.15, -0.1) is 0 Å². The highest BCUT2D eigenvalue weighted by molar-refractivity contribution is 5.80. The van der Waals surface area contributed by atoms with Gasteiger partial charge < -0.3 is 9.88 Å². The number of aromatic amines is 1. The molecule has 1 aromatic carbocycles. The largest absolute Gasteiger partial charge is 0.361 e. The highest BCUT2D eigenvalue weighted by Gasteiger charge is 2.39. The normalized spacial score (nSPS) is 27.4. The van der Waals surface area contributed by atoms with Gasteiger partial charge in [-0.25, -0.2) is 0 Å². The second-order valence-electron chi connectivity index (χ2n) is 8.30. The summed E-state index contributed by atoms with van der Waals surface area (Å²) >= 11 is 0. The lowest BCUT2D eigenvalue weighted by Gasteiger charge is -2.36. The molecule has 4 nitrogen and oxygen atoms in total. The van der Waals surface area contributed by atoms with Crippen molar-refractivity contribution >= 4 is 16.8 Å². The number of rotatable bonds is 3. The number of nitrogens with zero attached hydrogens (tertiary/aromatic N) is 2. The molecule has 6 rings (SSSR count). The number of amides is 1. The van der Waals surface area contributed by atoms with Crippen molar-refractivity contribution in [3.63, 3.8) is 0 Å². The lowest BCUT2D eigenvalue weighted by Crippen LogP contribution is -2.45. The first kappa shape index (κ1) is 15.4. The monoisotopic (exact) mass is 337 g/mol. The number of H-pyrrole nitrogens is 1. The molecule has 132 valence electrons. The summed E-state index contributed by atoms with van der Waals surface area (Å²) < 4.78 is 0. The van der Waals surface area contributed by atoms with Crippen molar-refractivity contribution in [2.45, 2.75) is 44.7 Å². The maximum atomic E-state index is 12.7. The summed E-state index contributed by atoms with van der Waals surface area (Å²) in [5.41, 5.74) is 2.59. The molecule has 4 heterocycles. The Morgan fingerprint density at radius 1 is 1.08 bits per heavy atom. The van der Waals surface area contributed by atoms with E-state index in [1.165, 1.54) is 35.7 Å².